The van der Waals surface area contributed by atoms with Crippen molar-refractivity contribution in [3.8, 4) is 5.88 Å². The second-order valence-corrected chi connectivity index (χ2v) is 10.4. The second kappa shape index (κ2) is 14.0. The molecule has 3 aromatic rings. The molecule has 1 fully saturated rings. The first-order chi connectivity index (χ1) is 21.3. The number of pyridine rings is 1. The Bertz CT molecular complexity index is 1500. The van der Waals surface area contributed by atoms with Crippen LogP contribution in [0.4, 0.5) is 37.2 Å². The Morgan fingerprint density at radius 1 is 1.04 bits per heavy atom. The summed E-state index contributed by atoms with van der Waals surface area (Å²) in [4.78, 5) is 38.6. The number of aromatic nitrogens is 3. The summed E-state index contributed by atoms with van der Waals surface area (Å²) in [5, 5.41) is 19.2. The Morgan fingerprint density at radius 3 is 2.36 bits per heavy atom. The van der Waals surface area contributed by atoms with Crippen molar-refractivity contribution >= 4 is 17.7 Å². The van der Waals surface area contributed by atoms with Gasteiger partial charge in [-0.2, -0.15) is 13.2 Å². The monoisotopic (exact) mass is 637 g/mol. The number of halogens is 5. The lowest BCUT2D eigenvalue weighted by Crippen LogP contribution is -2.49. The van der Waals surface area contributed by atoms with Gasteiger partial charge in [-0.25, -0.2) is 33.3 Å². The molecule has 0 bridgehead atoms. The number of amides is 4. The molecule has 3 heterocycles. The number of urea groups is 2. The van der Waals surface area contributed by atoms with E-state index in [1.807, 2.05) is 0 Å². The zero-order valence-electron chi connectivity index (χ0n) is 24.4. The summed E-state index contributed by atoms with van der Waals surface area (Å²) in [5.41, 5.74) is -3.21. The number of hydrogen-bond acceptors (Lipinski definition) is 7. The maximum absolute atomic E-state index is 14.0. The van der Waals surface area contributed by atoms with Gasteiger partial charge >= 0.3 is 18.2 Å². The molecule has 1 aliphatic rings. The smallest absolute Gasteiger partial charge is 0.433 e. The van der Waals surface area contributed by atoms with Crippen molar-refractivity contribution in [1.29, 1.82) is 0 Å². The van der Waals surface area contributed by atoms with Crippen LogP contribution in [0, 0.1) is 18.6 Å². The minimum atomic E-state index is -4.72. The molecule has 0 radical (unpaired) electrons. The number of aryl methyl sites for hydroxylation is 1. The predicted molar refractivity (Wildman–Crippen MR) is 151 cm³/mol. The van der Waals surface area contributed by atoms with Gasteiger partial charge in [-0.05, 0) is 44.9 Å². The van der Waals surface area contributed by atoms with Gasteiger partial charge < -0.3 is 30.7 Å². The fourth-order valence-electron chi connectivity index (χ4n) is 4.84. The van der Waals surface area contributed by atoms with Crippen LogP contribution in [0.15, 0.2) is 42.6 Å². The van der Waals surface area contributed by atoms with Gasteiger partial charge in [0.15, 0.2) is 0 Å². The summed E-state index contributed by atoms with van der Waals surface area (Å²) in [5.74, 6) is -2.20. The number of alkyl halides is 3. The van der Waals surface area contributed by atoms with Crippen molar-refractivity contribution in [1.82, 2.24) is 30.5 Å². The first-order valence-electron chi connectivity index (χ1n) is 14.1. The Labute approximate surface area is 255 Å². The van der Waals surface area contributed by atoms with E-state index in [2.05, 4.69) is 30.9 Å². The molecule has 1 unspecified atom stereocenters. The van der Waals surface area contributed by atoms with Gasteiger partial charge in [-0.3, -0.25) is 0 Å². The Kier molecular flexibility index (Phi) is 10.4. The third kappa shape index (κ3) is 8.32. The van der Waals surface area contributed by atoms with E-state index in [0.29, 0.717) is 30.9 Å². The minimum absolute atomic E-state index is 0.160. The number of rotatable bonds is 9. The molecule has 2 aromatic heterocycles. The number of para-hydroxylation sites is 1. The number of nitrogens with zero attached hydrogens (tertiary/aromatic N) is 4. The maximum atomic E-state index is 14.0. The van der Waals surface area contributed by atoms with Gasteiger partial charge in [-0.15, -0.1) is 0 Å². The van der Waals surface area contributed by atoms with Crippen molar-refractivity contribution in [3.63, 3.8) is 0 Å². The molecule has 0 aliphatic carbocycles. The van der Waals surface area contributed by atoms with Crippen LogP contribution in [0.5, 0.6) is 5.88 Å². The van der Waals surface area contributed by atoms with Crippen molar-refractivity contribution < 1.29 is 41.4 Å². The molecule has 4 amide bonds. The Morgan fingerprint density at radius 2 is 1.71 bits per heavy atom. The predicted octanol–water partition coefficient (Wildman–Crippen LogP) is 4.47. The van der Waals surface area contributed by atoms with E-state index in [4.69, 9.17) is 4.74 Å². The number of aliphatic hydroxyl groups is 1. The average Bonchev–Trinajstić information content (AvgIpc) is 3.01. The van der Waals surface area contributed by atoms with Gasteiger partial charge in [0.25, 0.3) is 0 Å². The second-order valence-electron chi connectivity index (χ2n) is 10.4. The van der Waals surface area contributed by atoms with Crippen LogP contribution in [-0.2, 0) is 11.8 Å². The highest BCUT2D eigenvalue weighted by Crippen LogP contribution is 2.35. The molecule has 1 saturated heterocycles. The third-order valence-electron chi connectivity index (χ3n) is 7.16. The first kappa shape index (κ1) is 33.3. The van der Waals surface area contributed by atoms with Gasteiger partial charge in [0, 0.05) is 43.4 Å². The molecule has 1 aromatic carbocycles. The van der Waals surface area contributed by atoms with Crippen LogP contribution in [-0.4, -0.2) is 69.8 Å². The number of ether oxygens (including phenoxy) is 1. The summed E-state index contributed by atoms with van der Waals surface area (Å²) in [7, 11) is 0. The van der Waals surface area contributed by atoms with Crippen LogP contribution in [0.2, 0.25) is 0 Å². The van der Waals surface area contributed by atoms with Crippen molar-refractivity contribution in [2.45, 2.75) is 44.4 Å². The minimum Gasteiger partial charge on any atom is -0.474 e. The van der Waals surface area contributed by atoms with Crippen LogP contribution in [0.3, 0.4) is 0 Å². The normalized spacial score (nSPS) is 15.2. The number of nitrogens with one attached hydrogen (secondary N) is 3. The van der Waals surface area contributed by atoms with Crippen molar-refractivity contribution in [2.24, 2.45) is 0 Å². The number of likely N-dealkylation sites (tertiary alicyclic amines) is 1. The highest BCUT2D eigenvalue weighted by atomic mass is 19.4. The molecular weight excluding hydrogens is 605 g/mol. The molecule has 16 heteroatoms. The van der Waals surface area contributed by atoms with Gasteiger partial charge in [0.1, 0.15) is 41.0 Å². The lowest BCUT2D eigenvalue weighted by molar-refractivity contribution is -0.141. The zero-order valence-corrected chi connectivity index (χ0v) is 24.4. The molecular formula is C29H32F5N7O4. The molecule has 11 nitrogen and oxygen atoms in total. The Balaban J connectivity index is 1.56. The standard InChI is InChI=1S/C29H32F5N7O4/c1-3-35-26(42)37-15-28(44,16-45-23-9-5-8-22(39-23)29(32,33)34)19-14-36-17(2)38-24(19)18-10-12-41(13-11-18)27(43)40-25-20(30)6-4-7-21(25)31/h4-9,14,18,44H,3,10-13,15-16H2,1-2H3,(H,40,43)(H2,35,37,42). The van der Waals surface area contributed by atoms with Gasteiger partial charge in [0.2, 0.25) is 5.88 Å². The van der Waals surface area contributed by atoms with Crippen molar-refractivity contribution in [3.05, 3.63) is 77.0 Å². The molecule has 4 rings (SSSR count). The SMILES string of the molecule is CCNC(=O)NCC(O)(COc1cccc(C(F)(F)F)n1)c1cnc(C)nc1C1CCN(C(=O)Nc2c(F)cccc2F)CC1. The number of piperidine rings is 1. The van der Waals surface area contributed by atoms with Crippen LogP contribution < -0.4 is 20.7 Å². The van der Waals surface area contributed by atoms with Crippen LogP contribution >= 0.6 is 0 Å². The van der Waals surface area contributed by atoms with E-state index in [0.717, 1.165) is 24.3 Å². The topological polar surface area (TPSA) is 142 Å². The lowest BCUT2D eigenvalue weighted by Gasteiger charge is -2.35. The molecule has 242 valence electrons. The zero-order chi connectivity index (χ0) is 32.8. The number of hydrogen-bond donors (Lipinski definition) is 4. The average molecular weight is 638 g/mol. The van der Waals surface area contributed by atoms with E-state index in [1.54, 1.807) is 13.8 Å². The van der Waals surface area contributed by atoms with Crippen LogP contribution in [0.1, 0.15) is 48.5 Å². The lowest BCUT2D eigenvalue weighted by atomic mass is 9.85. The fourth-order valence-corrected chi connectivity index (χ4v) is 4.84. The number of carbonyl (C=O) groups excluding carboxylic acids is 2. The highest BCUT2D eigenvalue weighted by molar-refractivity contribution is 5.89. The largest absolute Gasteiger partial charge is 0.474 e. The molecule has 45 heavy (non-hydrogen) atoms. The third-order valence-corrected chi connectivity index (χ3v) is 7.16. The molecule has 4 N–H and O–H groups in total. The fraction of sp³-hybridized carbons (Fsp3) is 0.414. The van der Waals surface area contributed by atoms with E-state index in [-0.39, 0.29) is 24.6 Å². The molecule has 0 saturated carbocycles. The van der Waals surface area contributed by atoms with E-state index < -0.39 is 65.9 Å². The van der Waals surface area contributed by atoms with E-state index >= 15 is 0 Å². The van der Waals surface area contributed by atoms with Crippen molar-refractivity contribution in [2.75, 3.05) is 38.1 Å². The highest BCUT2D eigenvalue weighted by Gasteiger charge is 2.38. The Hall–Kier alpha value is -4.60. The number of benzene rings is 1. The molecule has 1 aliphatic heterocycles. The van der Waals surface area contributed by atoms with Gasteiger partial charge in [0.05, 0.1) is 12.2 Å². The summed E-state index contributed by atoms with van der Waals surface area (Å²) < 4.78 is 73.3. The summed E-state index contributed by atoms with van der Waals surface area (Å²) >= 11 is 0. The summed E-state index contributed by atoms with van der Waals surface area (Å²) in [6.07, 6.45) is -2.68. The summed E-state index contributed by atoms with van der Waals surface area (Å²) in [6, 6.07) is 5.03. The molecule has 0 spiro atoms. The van der Waals surface area contributed by atoms with Crippen LogP contribution in [0.25, 0.3) is 0 Å². The molecule has 1 atom stereocenters. The maximum Gasteiger partial charge on any atom is 0.433 e. The van der Waals surface area contributed by atoms with Gasteiger partial charge in [-0.1, -0.05) is 12.1 Å². The number of carbonyl (C=O) groups is 2. The van der Waals surface area contributed by atoms with E-state index in [1.165, 1.54) is 23.2 Å². The first-order valence-corrected chi connectivity index (χ1v) is 14.1. The van der Waals surface area contributed by atoms with E-state index in [9.17, 15) is 36.6 Å². The number of anilines is 1. The quantitative estimate of drug-likeness (QED) is 0.254. The summed E-state index contributed by atoms with van der Waals surface area (Å²) in [6.45, 7) is 2.93.